The smallest absolute Gasteiger partial charge is 0.221 e. The Morgan fingerprint density at radius 3 is 2.18 bits per heavy atom. The zero-order valence-electron chi connectivity index (χ0n) is 27.7. The molecular weight excluding hydrogens is 573 g/mol. The SMILES string of the molecule is CB=O.CCC1(CC)CC(F)CN1.CCCC=O.NC(=O)Cc1ccc(OC2CCCC2)c(-c2cccc(F)c2C2CCC2)c1. The van der Waals surface area contributed by atoms with E-state index in [0.29, 0.717) is 19.4 Å². The van der Waals surface area contributed by atoms with E-state index in [0.717, 1.165) is 92.8 Å². The maximum Gasteiger partial charge on any atom is 0.221 e. The Morgan fingerprint density at radius 1 is 1.07 bits per heavy atom. The number of aldehydes is 1. The average molecular weight is 627 g/mol. The number of ether oxygens (including phenoxy) is 1. The molecule has 248 valence electrons. The predicted octanol–water partition coefficient (Wildman–Crippen LogP) is 8.06. The predicted molar refractivity (Wildman–Crippen MR) is 178 cm³/mol. The van der Waals surface area contributed by atoms with E-state index < -0.39 is 6.17 Å². The number of nitrogens with one attached hydrogen (secondary N) is 1. The molecule has 0 bridgehead atoms. The van der Waals surface area contributed by atoms with Crippen LogP contribution in [-0.2, 0) is 20.7 Å². The standard InChI is InChI=1S/C23H26FNO2.C8H16FN.C4H8O.CH3BO/c24-20-10-4-9-18(23(20)16-5-3-6-16)19-13-15(14-22(25)26)11-12-21(19)27-17-7-1-2-8-17;1-3-8(4-2)5-7(9)6-10-8;1-2-3-4-5;1-2-3/h4,9-13,16-17H,1-3,5-8,14H2,(H2,25,26);7,10H,3-6H2,1-2H3;4H,2-3H2,1H3;1H3. The van der Waals surface area contributed by atoms with Crippen LogP contribution in [0.3, 0.4) is 0 Å². The molecular formula is C36H53BF2N2O4. The normalized spacial score (nSPS) is 18.5. The molecule has 9 heteroatoms. The minimum atomic E-state index is -0.611. The van der Waals surface area contributed by atoms with Crippen molar-refractivity contribution in [1.29, 1.82) is 0 Å². The molecule has 3 N–H and O–H groups in total. The van der Waals surface area contributed by atoms with E-state index in [1.807, 2.05) is 31.2 Å². The Kier molecular flexibility index (Phi) is 17.2. The van der Waals surface area contributed by atoms with Gasteiger partial charge in [0.25, 0.3) is 0 Å². The summed E-state index contributed by atoms with van der Waals surface area (Å²) in [6.45, 7) is 8.22. The topological polar surface area (TPSA) is 98.5 Å². The number of nitrogens with two attached hydrogens (primary N) is 1. The van der Waals surface area contributed by atoms with Crippen LogP contribution < -0.4 is 15.8 Å². The largest absolute Gasteiger partial charge is 0.490 e. The number of carbonyl (C=O) groups excluding carboxylic acids is 2. The fourth-order valence-electron chi connectivity index (χ4n) is 6.07. The minimum absolute atomic E-state index is 0.124. The molecule has 5 rings (SSSR count). The fourth-order valence-corrected chi connectivity index (χ4v) is 6.07. The third-order valence-electron chi connectivity index (χ3n) is 8.95. The molecule has 2 aromatic carbocycles. The minimum Gasteiger partial charge on any atom is -0.490 e. The number of unbranched alkanes of at least 4 members (excludes halogenated alkanes) is 1. The molecule has 3 aliphatic rings. The summed E-state index contributed by atoms with van der Waals surface area (Å²) < 4.78 is 42.6. The summed E-state index contributed by atoms with van der Waals surface area (Å²) in [5.74, 6) is 0.523. The molecule has 1 unspecified atom stereocenters. The Hall–Kier alpha value is -2.94. The molecule has 2 aromatic rings. The van der Waals surface area contributed by atoms with Gasteiger partial charge in [-0.05, 0) is 105 Å². The summed E-state index contributed by atoms with van der Waals surface area (Å²) >= 11 is 0. The number of hydrogen-bond acceptors (Lipinski definition) is 5. The van der Waals surface area contributed by atoms with E-state index in [2.05, 4.69) is 19.2 Å². The van der Waals surface area contributed by atoms with Crippen LogP contribution in [0.25, 0.3) is 11.1 Å². The Balaban J connectivity index is 0.000000322. The molecule has 1 saturated heterocycles. The van der Waals surface area contributed by atoms with Crippen LogP contribution in [0.2, 0.25) is 6.82 Å². The summed E-state index contributed by atoms with van der Waals surface area (Å²) in [4.78, 5) is 20.8. The van der Waals surface area contributed by atoms with Gasteiger partial charge in [-0.25, -0.2) is 8.78 Å². The number of alkyl halides is 1. The van der Waals surface area contributed by atoms with Gasteiger partial charge < -0.3 is 20.6 Å². The molecule has 2 aliphatic carbocycles. The van der Waals surface area contributed by atoms with Gasteiger partial charge in [0.1, 0.15) is 24.0 Å². The quantitative estimate of drug-likeness (QED) is 0.205. The van der Waals surface area contributed by atoms with Crippen LogP contribution in [0.4, 0.5) is 8.78 Å². The molecule has 0 aromatic heterocycles. The number of carbonyl (C=O) groups is 2. The van der Waals surface area contributed by atoms with E-state index in [9.17, 15) is 18.4 Å². The van der Waals surface area contributed by atoms with E-state index in [1.165, 1.54) is 19.7 Å². The van der Waals surface area contributed by atoms with Crippen molar-refractivity contribution in [1.82, 2.24) is 5.32 Å². The molecule has 2 saturated carbocycles. The molecule has 6 nitrogen and oxygen atoms in total. The van der Waals surface area contributed by atoms with Crippen molar-refractivity contribution in [3.63, 3.8) is 0 Å². The van der Waals surface area contributed by atoms with Gasteiger partial charge in [-0.2, -0.15) is 0 Å². The van der Waals surface area contributed by atoms with Crippen molar-refractivity contribution in [2.45, 2.75) is 135 Å². The number of halogens is 2. The number of rotatable bonds is 10. The van der Waals surface area contributed by atoms with Gasteiger partial charge in [0.05, 0.1) is 12.5 Å². The molecule has 1 aliphatic heterocycles. The average Bonchev–Trinajstić information content (AvgIpc) is 3.65. The van der Waals surface area contributed by atoms with Crippen molar-refractivity contribution >= 4 is 19.3 Å². The first kappa shape index (κ1) is 38.2. The molecule has 1 atom stereocenters. The van der Waals surface area contributed by atoms with Gasteiger partial charge in [0.15, 0.2) is 0 Å². The Morgan fingerprint density at radius 2 is 1.73 bits per heavy atom. The fraction of sp³-hybridized carbons (Fsp3) is 0.611. The van der Waals surface area contributed by atoms with Crippen molar-refractivity contribution in [2.24, 2.45) is 5.73 Å². The van der Waals surface area contributed by atoms with Crippen LogP contribution in [0.1, 0.15) is 115 Å². The van der Waals surface area contributed by atoms with E-state index in [-0.39, 0.29) is 35.7 Å². The first-order chi connectivity index (χ1) is 21.7. The maximum atomic E-state index is 14.7. The maximum absolute atomic E-state index is 14.7. The second-order valence-electron chi connectivity index (χ2n) is 12.2. The van der Waals surface area contributed by atoms with E-state index in [4.69, 9.17) is 15.2 Å². The zero-order valence-corrected chi connectivity index (χ0v) is 27.7. The number of primary amides is 1. The summed E-state index contributed by atoms with van der Waals surface area (Å²) in [7, 11) is 0.750. The van der Waals surface area contributed by atoms with Gasteiger partial charge in [-0.3, -0.25) is 4.79 Å². The van der Waals surface area contributed by atoms with Gasteiger partial charge >= 0.3 is 18.7 Å². The second kappa shape index (κ2) is 20.2. The molecule has 0 radical (unpaired) electrons. The van der Waals surface area contributed by atoms with E-state index >= 15 is 0 Å². The molecule has 1 amide bonds. The van der Waals surface area contributed by atoms with Gasteiger partial charge in [0.2, 0.25) is 5.91 Å². The Bertz CT molecular complexity index is 1200. The summed E-state index contributed by atoms with van der Waals surface area (Å²) in [5, 5.41) is 3.24. The van der Waals surface area contributed by atoms with Crippen molar-refractivity contribution < 1.29 is 27.8 Å². The van der Waals surface area contributed by atoms with Gasteiger partial charge in [-0.15, -0.1) is 0 Å². The monoisotopic (exact) mass is 626 g/mol. The Labute approximate surface area is 269 Å². The summed E-state index contributed by atoms with van der Waals surface area (Å²) in [6, 6.07) is 11.0. The number of amides is 1. The molecule has 3 fully saturated rings. The summed E-state index contributed by atoms with van der Waals surface area (Å²) in [5.41, 5.74) is 8.90. The summed E-state index contributed by atoms with van der Waals surface area (Å²) in [6.07, 6.45) is 12.9. The van der Waals surface area contributed by atoms with Crippen LogP contribution >= 0.6 is 0 Å². The third kappa shape index (κ3) is 12.1. The van der Waals surface area contributed by atoms with Crippen molar-refractivity contribution in [3.8, 4) is 16.9 Å². The zero-order chi connectivity index (χ0) is 33.2. The second-order valence-corrected chi connectivity index (χ2v) is 12.2. The van der Waals surface area contributed by atoms with Crippen molar-refractivity contribution in [3.05, 3.63) is 53.3 Å². The molecule has 45 heavy (non-hydrogen) atoms. The molecule has 1 heterocycles. The van der Waals surface area contributed by atoms with Gasteiger partial charge in [-0.1, -0.05) is 45.4 Å². The number of hydrogen-bond donors (Lipinski definition) is 2. The van der Waals surface area contributed by atoms with Crippen LogP contribution in [-0.4, -0.2) is 43.7 Å². The van der Waals surface area contributed by atoms with Crippen LogP contribution in [0.5, 0.6) is 5.75 Å². The third-order valence-corrected chi connectivity index (χ3v) is 8.95. The molecule has 0 spiro atoms. The van der Waals surface area contributed by atoms with Crippen LogP contribution in [0.15, 0.2) is 36.4 Å². The first-order valence-electron chi connectivity index (χ1n) is 16.8. The van der Waals surface area contributed by atoms with Crippen LogP contribution in [0, 0.1) is 5.82 Å². The van der Waals surface area contributed by atoms with E-state index in [1.54, 1.807) is 12.1 Å². The first-order valence-corrected chi connectivity index (χ1v) is 16.8. The van der Waals surface area contributed by atoms with Crippen molar-refractivity contribution in [2.75, 3.05) is 6.54 Å². The number of benzene rings is 2. The van der Waals surface area contributed by atoms with Gasteiger partial charge in [0, 0.05) is 24.1 Å².